The van der Waals surface area contributed by atoms with E-state index in [0.717, 1.165) is 20.6 Å². The van der Waals surface area contributed by atoms with Crippen molar-refractivity contribution in [2.75, 3.05) is 0 Å². The van der Waals surface area contributed by atoms with E-state index in [1.165, 1.54) is 0 Å². The van der Waals surface area contributed by atoms with Crippen LogP contribution in [0.15, 0.2) is 16.6 Å². The summed E-state index contributed by atoms with van der Waals surface area (Å²) in [6.45, 7) is 1.99. The molecule has 0 amide bonds. The molecule has 0 aliphatic heterocycles. The predicted octanol–water partition coefficient (Wildman–Crippen LogP) is 4.15. The number of alkyl halides is 1. The van der Waals surface area contributed by atoms with E-state index in [-0.39, 0.29) is 0 Å². The highest BCUT2D eigenvalue weighted by atomic mass is 79.9. The highest BCUT2D eigenvalue weighted by molar-refractivity contribution is 9.10. The van der Waals surface area contributed by atoms with Crippen LogP contribution in [0, 0.1) is 6.92 Å². The van der Waals surface area contributed by atoms with Gasteiger partial charge in [-0.3, -0.25) is 0 Å². The minimum atomic E-state index is 0.517. The molecule has 0 aliphatic carbocycles. The van der Waals surface area contributed by atoms with Crippen LogP contribution in [-0.2, 0) is 5.88 Å². The first-order valence-corrected chi connectivity index (χ1v) is 4.86. The maximum atomic E-state index is 5.81. The fourth-order valence-corrected chi connectivity index (χ4v) is 2.52. The van der Waals surface area contributed by atoms with Crippen LogP contribution in [0.2, 0.25) is 5.02 Å². The Bertz CT molecular complexity index is 248. The molecule has 60 valence electrons. The number of rotatable bonds is 1. The molecule has 1 aromatic carbocycles. The van der Waals surface area contributed by atoms with Crippen molar-refractivity contribution in [2.45, 2.75) is 12.8 Å². The average Bonchev–Trinajstić information content (AvgIpc) is 1.85. The van der Waals surface area contributed by atoms with Crippen molar-refractivity contribution < 1.29 is 0 Å². The molecule has 0 saturated heterocycles. The molecule has 0 spiro atoms. The molecule has 0 bridgehead atoms. The van der Waals surface area contributed by atoms with E-state index in [4.69, 9.17) is 23.2 Å². The van der Waals surface area contributed by atoms with Gasteiger partial charge in [-0.05, 0) is 30.2 Å². The first-order valence-electron chi connectivity index (χ1n) is 3.15. The Balaban J connectivity index is 3.25. The summed E-state index contributed by atoms with van der Waals surface area (Å²) in [5.74, 6) is 0.517. The quantitative estimate of drug-likeness (QED) is 0.660. The molecule has 0 unspecified atom stereocenters. The fourth-order valence-electron chi connectivity index (χ4n) is 0.901. The van der Waals surface area contributed by atoms with Gasteiger partial charge < -0.3 is 0 Å². The molecule has 1 rings (SSSR count). The zero-order chi connectivity index (χ0) is 8.43. The highest BCUT2D eigenvalue weighted by Gasteiger charge is 2.03. The third-order valence-electron chi connectivity index (χ3n) is 1.52. The Morgan fingerprint density at radius 1 is 1.45 bits per heavy atom. The van der Waals surface area contributed by atoms with Gasteiger partial charge in [-0.15, -0.1) is 11.6 Å². The Hall–Kier alpha value is 0.280. The van der Waals surface area contributed by atoms with Gasteiger partial charge in [0.25, 0.3) is 0 Å². The standard InChI is InChI=1S/C8H7BrCl2/c1-5-2-6(11)3-8(9)7(5)4-10/h2-3H,4H2,1H3. The van der Waals surface area contributed by atoms with Crippen LogP contribution in [0.25, 0.3) is 0 Å². The number of benzene rings is 1. The Morgan fingerprint density at radius 2 is 2.09 bits per heavy atom. The number of aryl methyl sites for hydroxylation is 1. The third kappa shape index (κ3) is 2.11. The largest absolute Gasteiger partial charge is 0.121 e. The topological polar surface area (TPSA) is 0 Å². The monoisotopic (exact) mass is 252 g/mol. The lowest BCUT2D eigenvalue weighted by Gasteiger charge is -2.04. The summed E-state index contributed by atoms with van der Waals surface area (Å²) < 4.78 is 0.984. The summed E-state index contributed by atoms with van der Waals surface area (Å²) in [6.07, 6.45) is 0. The van der Waals surface area contributed by atoms with Crippen LogP contribution in [0.1, 0.15) is 11.1 Å². The molecule has 0 fully saturated rings. The lowest BCUT2D eigenvalue weighted by Crippen LogP contribution is -1.86. The van der Waals surface area contributed by atoms with Crippen molar-refractivity contribution in [1.82, 2.24) is 0 Å². The molecule has 3 heteroatoms. The van der Waals surface area contributed by atoms with E-state index in [1.807, 2.05) is 19.1 Å². The zero-order valence-corrected chi connectivity index (χ0v) is 9.09. The smallest absolute Gasteiger partial charge is 0.0487 e. The molecular weight excluding hydrogens is 247 g/mol. The Labute approximate surface area is 84.6 Å². The number of hydrogen-bond donors (Lipinski definition) is 0. The van der Waals surface area contributed by atoms with Gasteiger partial charge in [0.2, 0.25) is 0 Å². The van der Waals surface area contributed by atoms with E-state index in [9.17, 15) is 0 Å². The molecule has 0 radical (unpaired) electrons. The van der Waals surface area contributed by atoms with Gasteiger partial charge in [0.1, 0.15) is 0 Å². The second-order valence-corrected chi connectivity index (χ2v) is 3.87. The molecule has 0 atom stereocenters. The van der Waals surface area contributed by atoms with E-state index in [0.29, 0.717) is 5.88 Å². The highest BCUT2D eigenvalue weighted by Crippen LogP contribution is 2.26. The minimum absolute atomic E-state index is 0.517. The minimum Gasteiger partial charge on any atom is -0.121 e. The van der Waals surface area contributed by atoms with Gasteiger partial charge in [0.15, 0.2) is 0 Å². The lowest BCUT2D eigenvalue weighted by atomic mass is 10.1. The molecule has 0 saturated carbocycles. The Kier molecular flexibility index (Phi) is 3.23. The maximum absolute atomic E-state index is 5.81. The normalized spacial score (nSPS) is 10.2. The van der Waals surface area contributed by atoms with Crippen LogP contribution in [0.5, 0.6) is 0 Å². The first-order chi connectivity index (χ1) is 5.15. The van der Waals surface area contributed by atoms with Crippen LogP contribution in [0.3, 0.4) is 0 Å². The predicted molar refractivity (Wildman–Crippen MR) is 53.4 cm³/mol. The summed E-state index contributed by atoms with van der Waals surface area (Å²) in [5, 5.41) is 0.739. The van der Waals surface area contributed by atoms with E-state index in [2.05, 4.69) is 15.9 Å². The summed E-state index contributed by atoms with van der Waals surface area (Å²) in [4.78, 5) is 0. The molecule has 0 heterocycles. The molecule has 0 N–H and O–H groups in total. The van der Waals surface area contributed by atoms with Crippen molar-refractivity contribution in [3.05, 3.63) is 32.8 Å². The summed E-state index contributed by atoms with van der Waals surface area (Å²) in [7, 11) is 0. The zero-order valence-electron chi connectivity index (χ0n) is 6.00. The third-order valence-corrected chi connectivity index (χ3v) is 2.71. The van der Waals surface area contributed by atoms with Crippen molar-refractivity contribution in [1.29, 1.82) is 0 Å². The maximum Gasteiger partial charge on any atom is 0.0487 e. The number of hydrogen-bond acceptors (Lipinski definition) is 0. The van der Waals surface area contributed by atoms with Gasteiger partial charge >= 0.3 is 0 Å². The summed E-state index contributed by atoms with van der Waals surface area (Å²) >= 11 is 14.9. The lowest BCUT2D eigenvalue weighted by molar-refractivity contribution is 1.28. The van der Waals surface area contributed by atoms with Crippen molar-refractivity contribution in [2.24, 2.45) is 0 Å². The van der Waals surface area contributed by atoms with Crippen molar-refractivity contribution in [3.63, 3.8) is 0 Å². The molecule has 11 heavy (non-hydrogen) atoms. The van der Waals surface area contributed by atoms with Crippen molar-refractivity contribution in [3.8, 4) is 0 Å². The van der Waals surface area contributed by atoms with Crippen LogP contribution in [0.4, 0.5) is 0 Å². The van der Waals surface area contributed by atoms with Crippen LogP contribution < -0.4 is 0 Å². The molecule has 0 aliphatic rings. The van der Waals surface area contributed by atoms with Gasteiger partial charge in [-0.1, -0.05) is 27.5 Å². The van der Waals surface area contributed by atoms with Crippen LogP contribution in [-0.4, -0.2) is 0 Å². The summed E-state index contributed by atoms with van der Waals surface area (Å²) in [5.41, 5.74) is 2.23. The Morgan fingerprint density at radius 3 is 2.55 bits per heavy atom. The second kappa shape index (κ2) is 3.79. The van der Waals surface area contributed by atoms with Gasteiger partial charge in [0.05, 0.1) is 0 Å². The van der Waals surface area contributed by atoms with E-state index >= 15 is 0 Å². The van der Waals surface area contributed by atoms with E-state index in [1.54, 1.807) is 0 Å². The summed E-state index contributed by atoms with van der Waals surface area (Å²) in [6, 6.07) is 3.76. The van der Waals surface area contributed by atoms with E-state index < -0.39 is 0 Å². The van der Waals surface area contributed by atoms with Crippen LogP contribution >= 0.6 is 39.1 Å². The van der Waals surface area contributed by atoms with Crippen molar-refractivity contribution >= 4 is 39.1 Å². The van der Waals surface area contributed by atoms with Gasteiger partial charge in [-0.25, -0.2) is 0 Å². The first kappa shape index (κ1) is 9.37. The molecule has 1 aromatic rings. The SMILES string of the molecule is Cc1cc(Cl)cc(Br)c1CCl. The molecular formula is C8H7BrCl2. The molecule has 0 aromatic heterocycles. The van der Waals surface area contributed by atoms with Gasteiger partial charge in [-0.2, -0.15) is 0 Å². The molecule has 0 nitrogen and oxygen atoms in total. The fraction of sp³-hybridized carbons (Fsp3) is 0.250. The number of halogens is 3. The second-order valence-electron chi connectivity index (χ2n) is 2.32. The average molecular weight is 254 g/mol. The van der Waals surface area contributed by atoms with Gasteiger partial charge in [0, 0.05) is 15.4 Å².